The van der Waals surface area contributed by atoms with Crippen molar-refractivity contribution in [1.29, 1.82) is 0 Å². The van der Waals surface area contributed by atoms with E-state index < -0.39 is 0 Å². The molecule has 0 aromatic carbocycles. The van der Waals surface area contributed by atoms with Gasteiger partial charge in [0, 0.05) is 4.24 Å². The molecule has 60 valence electrons. The second kappa shape index (κ2) is 7.55. The Balaban J connectivity index is 3.43. The summed E-state index contributed by atoms with van der Waals surface area (Å²) in [7, 11) is 0. The number of thioether (sulfide) groups is 2. The molecule has 0 nitrogen and oxygen atoms in total. The van der Waals surface area contributed by atoms with Crippen LogP contribution in [0.5, 0.6) is 0 Å². The molecule has 0 aromatic heterocycles. The molecule has 0 fully saturated rings. The van der Waals surface area contributed by atoms with Crippen molar-refractivity contribution in [2.45, 2.75) is 26.2 Å². The largest absolute Gasteiger partial charge is 0.123 e. The zero-order chi connectivity index (χ0) is 7.82. The van der Waals surface area contributed by atoms with Gasteiger partial charge in [-0.15, -0.1) is 23.5 Å². The van der Waals surface area contributed by atoms with Crippen molar-refractivity contribution in [3.63, 3.8) is 0 Å². The Morgan fingerprint density at radius 3 is 2.30 bits per heavy atom. The van der Waals surface area contributed by atoms with E-state index in [1.54, 1.807) is 0 Å². The molecular weight excluding hydrogens is 160 g/mol. The molecule has 0 heterocycles. The molecule has 0 spiro atoms. The van der Waals surface area contributed by atoms with E-state index in [9.17, 15) is 0 Å². The highest BCUT2D eigenvalue weighted by atomic mass is 32.2. The first-order valence-corrected chi connectivity index (χ1v) is 6.08. The van der Waals surface area contributed by atoms with Gasteiger partial charge in [-0.2, -0.15) is 0 Å². The standard InChI is InChI=1S/C8H16S2/c1-4-5-6-7-8(9-2)10-3/h7H,4-6H2,1-3H3. The van der Waals surface area contributed by atoms with Crippen LogP contribution in [0.2, 0.25) is 0 Å². The van der Waals surface area contributed by atoms with Crippen molar-refractivity contribution in [3.05, 3.63) is 10.3 Å². The van der Waals surface area contributed by atoms with Gasteiger partial charge in [0.2, 0.25) is 0 Å². The maximum atomic E-state index is 2.33. The van der Waals surface area contributed by atoms with Crippen molar-refractivity contribution in [2.75, 3.05) is 12.5 Å². The minimum atomic E-state index is 1.24. The van der Waals surface area contributed by atoms with E-state index in [1.807, 2.05) is 23.5 Å². The average molecular weight is 176 g/mol. The fourth-order valence-electron chi connectivity index (χ4n) is 0.674. The molecule has 0 aromatic rings. The molecule has 0 aliphatic heterocycles. The summed E-state index contributed by atoms with van der Waals surface area (Å²) in [5.41, 5.74) is 0. The van der Waals surface area contributed by atoms with Gasteiger partial charge in [-0.25, -0.2) is 0 Å². The second-order valence-electron chi connectivity index (χ2n) is 2.07. The van der Waals surface area contributed by atoms with Crippen LogP contribution in [-0.2, 0) is 0 Å². The van der Waals surface area contributed by atoms with Crippen molar-refractivity contribution < 1.29 is 0 Å². The SMILES string of the molecule is CCCCC=C(SC)SC. The van der Waals surface area contributed by atoms with Crippen LogP contribution in [0.15, 0.2) is 10.3 Å². The smallest absolute Gasteiger partial charge is 0.0355 e. The van der Waals surface area contributed by atoms with Crippen LogP contribution in [0.3, 0.4) is 0 Å². The van der Waals surface area contributed by atoms with E-state index in [0.29, 0.717) is 0 Å². The van der Waals surface area contributed by atoms with Gasteiger partial charge >= 0.3 is 0 Å². The van der Waals surface area contributed by atoms with E-state index >= 15 is 0 Å². The number of hydrogen-bond donors (Lipinski definition) is 0. The normalized spacial score (nSPS) is 9.50. The Kier molecular flexibility index (Phi) is 7.88. The lowest BCUT2D eigenvalue weighted by molar-refractivity contribution is 0.815. The lowest BCUT2D eigenvalue weighted by atomic mass is 10.2. The van der Waals surface area contributed by atoms with Gasteiger partial charge in [-0.3, -0.25) is 0 Å². The summed E-state index contributed by atoms with van der Waals surface area (Å²) < 4.78 is 1.45. The van der Waals surface area contributed by atoms with Gasteiger partial charge in [0.25, 0.3) is 0 Å². The van der Waals surface area contributed by atoms with Crippen LogP contribution in [0.25, 0.3) is 0 Å². The van der Waals surface area contributed by atoms with Gasteiger partial charge in [-0.05, 0) is 18.9 Å². The van der Waals surface area contributed by atoms with E-state index in [4.69, 9.17) is 0 Å². The lowest BCUT2D eigenvalue weighted by Crippen LogP contribution is -1.70. The molecule has 10 heavy (non-hydrogen) atoms. The van der Waals surface area contributed by atoms with Crippen molar-refractivity contribution in [1.82, 2.24) is 0 Å². The highest BCUT2D eigenvalue weighted by Gasteiger charge is 1.88. The Labute approximate surface area is 72.9 Å². The highest BCUT2D eigenvalue weighted by Crippen LogP contribution is 2.23. The number of allylic oxidation sites excluding steroid dienone is 1. The summed E-state index contributed by atoms with van der Waals surface area (Å²) in [6.45, 7) is 2.23. The lowest BCUT2D eigenvalue weighted by Gasteiger charge is -1.97. The maximum Gasteiger partial charge on any atom is 0.0355 e. The van der Waals surface area contributed by atoms with Crippen molar-refractivity contribution in [2.24, 2.45) is 0 Å². The summed E-state index contributed by atoms with van der Waals surface area (Å²) in [6.07, 6.45) is 10.5. The third-order valence-electron chi connectivity index (χ3n) is 1.27. The quantitative estimate of drug-likeness (QED) is 0.585. The zero-order valence-electron chi connectivity index (χ0n) is 7.02. The first-order valence-electron chi connectivity index (χ1n) is 3.63. The van der Waals surface area contributed by atoms with Gasteiger partial charge in [0.05, 0.1) is 0 Å². The Bertz CT molecular complexity index is 91.4. The molecule has 0 aliphatic rings. The molecule has 0 N–H and O–H groups in total. The minimum Gasteiger partial charge on any atom is -0.123 e. The van der Waals surface area contributed by atoms with Gasteiger partial charge < -0.3 is 0 Å². The van der Waals surface area contributed by atoms with Crippen LogP contribution < -0.4 is 0 Å². The van der Waals surface area contributed by atoms with Crippen LogP contribution in [0.4, 0.5) is 0 Å². The Morgan fingerprint density at radius 2 is 1.90 bits per heavy atom. The maximum absolute atomic E-state index is 2.33. The monoisotopic (exact) mass is 176 g/mol. The van der Waals surface area contributed by atoms with Crippen LogP contribution >= 0.6 is 23.5 Å². The minimum absolute atomic E-state index is 1.24. The van der Waals surface area contributed by atoms with Gasteiger partial charge in [0.1, 0.15) is 0 Å². The topological polar surface area (TPSA) is 0 Å². The van der Waals surface area contributed by atoms with Crippen LogP contribution in [0.1, 0.15) is 26.2 Å². The molecule has 0 radical (unpaired) electrons. The third kappa shape index (κ3) is 5.24. The number of rotatable bonds is 5. The van der Waals surface area contributed by atoms with Gasteiger partial charge in [-0.1, -0.05) is 25.8 Å². The van der Waals surface area contributed by atoms with Crippen LogP contribution in [-0.4, -0.2) is 12.5 Å². The molecule has 2 heteroatoms. The van der Waals surface area contributed by atoms with Crippen LogP contribution in [0, 0.1) is 0 Å². The fourth-order valence-corrected chi connectivity index (χ4v) is 1.91. The van der Waals surface area contributed by atoms with Crippen molar-refractivity contribution >= 4 is 23.5 Å². The predicted molar refractivity (Wildman–Crippen MR) is 54.6 cm³/mol. The fraction of sp³-hybridized carbons (Fsp3) is 0.750. The molecule has 0 rings (SSSR count). The summed E-state index contributed by atoms with van der Waals surface area (Å²) in [5, 5.41) is 0. The molecular formula is C8H16S2. The molecule has 0 aliphatic carbocycles. The molecule has 0 amide bonds. The summed E-state index contributed by atoms with van der Waals surface area (Å²) in [4.78, 5) is 0. The van der Waals surface area contributed by atoms with E-state index in [-0.39, 0.29) is 0 Å². The average Bonchev–Trinajstić information content (AvgIpc) is 1.99. The Morgan fingerprint density at radius 1 is 1.30 bits per heavy atom. The third-order valence-corrected chi connectivity index (χ3v) is 3.41. The van der Waals surface area contributed by atoms with E-state index in [1.165, 1.54) is 23.5 Å². The van der Waals surface area contributed by atoms with Crippen molar-refractivity contribution in [3.8, 4) is 0 Å². The number of hydrogen-bond acceptors (Lipinski definition) is 2. The summed E-state index contributed by atoms with van der Waals surface area (Å²) in [5.74, 6) is 0. The zero-order valence-corrected chi connectivity index (χ0v) is 8.65. The summed E-state index contributed by atoms with van der Waals surface area (Å²) >= 11 is 3.69. The molecule has 0 saturated carbocycles. The highest BCUT2D eigenvalue weighted by molar-refractivity contribution is 8.21. The molecule has 0 unspecified atom stereocenters. The number of unbranched alkanes of at least 4 members (excludes halogenated alkanes) is 2. The first-order chi connectivity index (χ1) is 4.85. The van der Waals surface area contributed by atoms with E-state index in [0.717, 1.165) is 0 Å². The Hall–Kier alpha value is 0.440. The van der Waals surface area contributed by atoms with E-state index in [2.05, 4.69) is 25.5 Å². The molecule has 0 saturated heterocycles. The molecule has 0 atom stereocenters. The first kappa shape index (κ1) is 10.4. The predicted octanol–water partition coefficient (Wildman–Crippen LogP) is 3.74. The summed E-state index contributed by atoms with van der Waals surface area (Å²) in [6, 6.07) is 0. The van der Waals surface area contributed by atoms with Gasteiger partial charge in [0.15, 0.2) is 0 Å². The second-order valence-corrected chi connectivity index (χ2v) is 4.03. The molecule has 0 bridgehead atoms.